The minimum Gasteiger partial charge on any atom is -0.479 e. The normalized spacial score (nSPS) is 9.47. The Balaban J connectivity index is 2.63. The first-order valence-electron chi connectivity index (χ1n) is 4.75. The lowest BCUT2D eigenvalue weighted by molar-refractivity contribution is -0.139. The Hall–Kier alpha value is -1.95. The summed E-state index contributed by atoms with van der Waals surface area (Å²) in [5.74, 6) is -1.25. The van der Waals surface area contributed by atoms with Gasteiger partial charge in [0.15, 0.2) is 11.7 Å². The van der Waals surface area contributed by atoms with E-state index in [-0.39, 0.29) is 11.0 Å². The van der Waals surface area contributed by atoms with Crippen LogP contribution in [0.1, 0.15) is 12.5 Å². The summed E-state index contributed by atoms with van der Waals surface area (Å²) < 4.78 is 4.86. The Bertz CT molecular complexity index is 441. The maximum atomic E-state index is 10.8. The van der Waals surface area contributed by atoms with E-state index in [0.29, 0.717) is 11.3 Å². The number of aliphatic carboxylic acids is 1. The van der Waals surface area contributed by atoms with Crippen molar-refractivity contribution in [3.8, 4) is 0 Å². The number of carboxylic acid groups (broad SMARTS) is 1. The highest BCUT2D eigenvalue weighted by Crippen LogP contribution is 2.11. The van der Waals surface area contributed by atoms with Gasteiger partial charge in [-0.2, -0.15) is 0 Å². The zero-order valence-electron chi connectivity index (χ0n) is 9.10. The average molecular weight is 253 g/mol. The van der Waals surface area contributed by atoms with Crippen LogP contribution < -0.4 is 5.32 Å². The van der Waals surface area contributed by atoms with Crippen LogP contribution in [0, 0.1) is 0 Å². The summed E-state index contributed by atoms with van der Waals surface area (Å²) >= 11 is 4.90. The second-order valence-electron chi connectivity index (χ2n) is 3.23. The summed E-state index contributed by atoms with van der Waals surface area (Å²) in [6, 6.07) is 6.62. The van der Waals surface area contributed by atoms with Crippen LogP contribution in [0.5, 0.6) is 0 Å². The quantitative estimate of drug-likeness (QED) is 0.794. The van der Waals surface area contributed by atoms with Gasteiger partial charge in [0.2, 0.25) is 5.91 Å². The van der Waals surface area contributed by atoms with Crippen LogP contribution in [0.3, 0.4) is 0 Å². The molecule has 1 aromatic carbocycles. The average Bonchev–Trinajstić information content (AvgIpc) is 2.26. The Kier molecular flexibility index (Phi) is 4.59. The third-order valence-electron chi connectivity index (χ3n) is 1.77. The van der Waals surface area contributed by atoms with Crippen molar-refractivity contribution in [1.29, 1.82) is 0 Å². The molecular weight excluding hydrogens is 242 g/mol. The molecule has 0 saturated carbocycles. The van der Waals surface area contributed by atoms with Crippen molar-refractivity contribution in [2.45, 2.75) is 6.92 Å². The van der Waals surface area contributed by atoms with Gasteiger partial charge in [0, 0.05) is 18.2 Å². The maximum absolute atomic E-state index is 10.8. The van der Waals surface area contributed by atoms with E-state index in [1.54, 1.807) is 24.3 Å². The first kappa shape index (κ1) is 13.1. The number of thiocarbonyl (C=S) groups is 1. The molecule has 0 bridgehead atoms. The number of hydrogen-bond donors (Lipinski definition) is 2. The molecule has 6 heteroatoms. The molecule has 0 unspecified atom stereocenters. The monoisotopic (exact) mass is 253 g/mol. The second-order valence-corrected chi connectivity index (χ2v) is 3.60. The molecule has 0 saturated heterocycles. The number of amides is 1. The summed E-state index contributed by atoms with van der Waals surface area (Å²) in [5, 5.41) is 11.1. The van der Waals surface area contributed by atoms with Gasteiger partial charge in [-0.1, -0.05) is 0 Å². The third-order valence-corrected chi connectivity index (χ3v) is 2.12. The van der Waals surface area contributed by atoms with Crippen LogP contribution in [0.4, 0.5) is 5.69 Å². The van der Waals surface area contributed by atoms with Gasteiger partial charge >= 0.3 is 5.97 Å². The highest BCUT2D eigenvalue weighted by Gasteiger charge is 2.05. The van der Waals surface area contributed by atoms with Crippen molar-refractivity contribution in [3.05, 3.63) is 29.8 Å². The number of carbonyl (C=O) groups is 2. The van der Waals surface area contributed by atoms with Gasteiger partial charge in [0.05, 0.1) is 0 Å². The Labute approximate surface area is 103 Å². The van der Waals surface area contributed by atoms with Gasteiger partial charge in [0.25, 0.3) is 0 Å². The van der Waals surface area contributed by atoms with Gasteiger partial charge in [-0.25, -0.2) is 4.79 Å². The van der Waals surface area contributed by atoms with E-state index in [2.05, 4.69) is 5.32 Å². The summed E-state index contributed by atoms with van der Waals surface area (Å²) in [7, 11) is 0. The van der Waals surface area contributed by atoms with Crippen LogP contribution in [0.25, 0.3) is 0 Å². The van der Waals surface area contributed by atoms with Gasteiger partial charge in [0.1, 0.15) is 0 Å². The molecule has 0 radical (unpaired) electrons. The molecule has 0 fully saturated rings. The number of anilines is 1. The van der Waals surface area contributed by atoms with E-state index in [4.69, 9.17) is 22.1 Å². The molecule has 0 spiro atoms. The molecule has 17 heavy (non-hydrogen) atoms. The van der Waals surface area contributed by atoms with E-state index in [9.17, 15) is 9.59 Å². The number of rotatable bonds is 4. The van der Waals surface area contributed by atoms with Crippen molar-refractivity contribution in [1.82, 2.24) is 0 Å². The van der Waals surface area contributed by atoms with E-state index in [1.165, 1.54) is 6.92 Å². The minimum absolute atomic E-state index is 0.113. The van der Waals surface area contributed by atoms with Gasteiger partial charge < -0.3 is 15.2 Å². The first-order chi connectivity index (χ1) is 7.99. The van der Waals surface area contributed by atoms with Gasteiger partial charge in [-0.15, -0.1) is 0 Å². The molecule has 5 nitrogen and oxygen atoms in total. The standard InChI is InChI=1S/C11H11NO4S/c1-7(13)12-9-4-2-8(3-5-9)11(17)16-6-10(14)15/h2-5H,6H2,1H3,(H,12,13)(H,14,15). The van der Waals surface area contributed by atoms with Crippen LogP contribution >= 0.6 is 12.2 Å². The number of nitrogens with one attached hydrogen (secondary N) is 1. The molecule has 90 valence electrons. The van der Waals surface area contributed by atoms with Gasteiger partial charge in [-0.3, -0.25) is 4.79 Å². The van der Waals surface area contributed by atoms with Gasteiger partial charge in [-0.05, 0) is 36.5 Å². The number of ether oxygens (including phenoxy) is 1. The van der Waals surface area contributed by atoms with Crippen LogP contribution in [0.15, 0.2) is 24.3 Å². The van der Waals surface area contributed by atoms with E-state index in [1.807, 2.05) is 0 Å². The van der Waals surface area contributed by atoms with E-state index < -0.39 is 12.6 Å². The predicted molar refractivity (Wildman–Crippen MR) is 66.0 cm³/mol. The molecular formula is C11H11NO4S. The van der Waals surface area contributed by atoms with Crippen LogP contribution in [0.2, 0.25) is 0 Å². The molecule has 0 heterocycles. The molecule has 0 aliphatic heterocycles. The maximum Gasteiger partial charge on any atom is 0.341 e. The Morgan fingerprint density at radius 1 is 1.35 bits per heavy atom. The summed E-state index contributed by atoms with van der Waals surface area (Å²) in [5.41, 5.74) is 1.23. The topological polar surface area (TPSA) is 75.6 Å². The molecule has 2 N–H and O–H groups in total. The summed E-state index contributed by atoms with van der Waals surface area (Å²) in [4.78, 5) is 21.1. The Morgan fingerprint density at radius 3 is 2.41 bits per heavy atom. The fourth-order valence-electron chi connectivity index (χ4n) is 1.10. The summed E-state index contributed by atoms with van der Waals surface area (Å²) in [6.07, 6.45) is 0. The second kappa shape index (κ2) is 5.95. The van der Waals surface area contributed by atoms with Crippen LogP contribution in [-0.4, -0.2) is 28.6 Å². The first-order valence-corrected chi connectivity index (χ1v) is 5.16. The van der Waals surface area contributed by atoms with Crippen molar-refractivity contribution in [2.24, 2.45) is 0 Å². The van der Waals surface area contributed by atoms with E-state index >= 15 is 0 Å². The smallest absolute Gasteiger partial charge is 0.341 e. The third kappa shape index (κ3) is 4.60. The number of benzene rings is 1. The molecule has 0 aliphatic rings. The van der Waals surface area contributed by atoms with Crippen molar-refractivity contribution in [2.75, 3.05) is 11.9 Å². The lowest BCUT2D eigenvalue weighted by Crippen LogP contribution is -2.12. The highest BCUT2D eigenvalue weighted by atomic mass is 32.1. The van der Waals surface area contributed by atoms with Crippen molar-refractivity contribution < 1.29 is 19.4 Å². The highest BCUT2D eigenvalue weighted by molar-refractivity contribution is 7.80. The zero-order valence-corrected chi connectivity index (χ0v) is 9.91. The number of hydrogen-bond acceptors (Lipinski definition) is 4. The molecule has 0 atom stereocenters. The number of carboxylic acids is 1. The van der Waals surface area contributed by atoms with E-state index in [0.717, 1.165) is 0 Å². The lowest BCUT2D eigenvalue weighted by atomic mass is 10.2. The molecule has 1 aromatic rings. The van der Waals surface area contributed by atoms with Crippen LogP contribution in [-0.2, 0) is 14.3 Å². The SMILES string of the molecule is CC(=O)Nc1ccc(C(=S)OCC(=O)O)cc1. The fraction of sp³-hybridized carbons (Fsp3) is 0.182. The minimum atomic E-state index is -1.08. The Morgan fingerprint density at radius 2 is 1.94 bits per heavy atom. The fourth-order valence-corrected chi connectivity index (χ4v) is 1.30. The predicted octanol–water partition coefficient (Wildman–Crippen LogP) is 1.42. The molecule has 1 rings (SSSR count). The van der Waals surface area contributed by atoms with Crippen molar-refractivity contribution >= 4 is 34.8 Å². The number of carbonyl (C=O) groups excluding carboxylic acids is 1. The zero-order chi connectivity index (χ0) is 12.8. The largest absolute Gasteiger partial charge is 0.479 e. The molecule has 1 amide bonds. The van der Waals surface area contributed by atoms with Crippen molar-refractivity contribution in [3.63, 3.8) is 0 Å². The lowest BCUT2D eigenvalue weighted by Gasteiger charge is -2.06. The molecule has 0 aliphatic carbocycles. The molecule has 0 aromatic heterocycles. The summed E-state index contributed by atoms with van der Waals surface area (Å²) in [6.45, 7) is 0.945.